The number of para-hydroxylation sites is 1. The number of carboxylic acids is 1. The number of benzene rings is 1. The van der Waals surface area contributed by atoms with Crippen molar-refractivity contribution in [1.82, 2.24) is 4.90 Å². The van der Waals surface area contributed by atoms with Crippen molar-refractivity contribution in [2.45, 2.75) is 19.4 Å². The van der Waals surface area contributed by atoms with Gasteiger partial charge in [-0.25, -0.2) is 0 Å². The van der Waals surface area contributed by atoms with Gasteiger partial charge < -0.3 is 15.1 Å². The van der Waals surface area contributed by atoms with Crippen molar-refractivity contribution in [1.29, 1.82) is 0 Å². The molecule has 1 fully saturated rings. The smallest absolute Gasteiger partial charge is 0.308 e. The molecule has 2 unspecified atom stereocenters. The van der Waals surface area contributed by atoms with E-state index in [4.69, 9.17) is 5.11 Å². The molecule has 2 atom stereocenters. The van der Waals surface area contributed by atoms with E-state index in [9.17, 15) is 14.7 Å². The molecule has 0 spiro atoms. The first kappa shape index (κ1) is 12.4. The predicted octanol–water partition coefficient (Wildman–Crippen LogP) is 1.33. The monoisotopic (exact) mass is 249 g/mol. The summed E-state index contributed by atoms with van der Waals surface area (Å²) in [6.45, 7) is 2.13. The average molecular weight is 249 g/mol. The molecule has 1 aromatic carbocycles. The van der Waals surface area contributed by atoms with Crippen molar-refractivity contribution in [2.24, 2.45) is 5.92 Å². The number of aliphatic carboxylic acids is 1. The molecule has 1 saturated heterocycles. The SMILES string of the molecule is CC1C(C(=O)O)CCN1C(=O)c1ccccc1O. The zero-order valence-electron chi connectivity index (χ0n) is 10.0. The molecule has 0 saturated carbocycles. The first-order valence-corrected chi connectivity index (χ1v) is 5.84. The van der Waals surface area contributed by atoms with Crippen molar-refractivity contribution in [2.75, 3.05) is 6.54 Å². The molecule has 1 heterocycles. The van der Waals surface area contributed by atoms with Gasteiger partial charge in [0.1, 0.15) is 5.75 Å². The molecule has 1 aromatic rings. The van der Waals surface area contributed by atoms with Crippen molar-refractivity contribution in [3.05, 3.63) is 29.8 Å². The standard InChI is InChI=1S/C13H15NO4/c1-8-9(13(17)18)6-7-14(8)12(16)10-4-2-3-5-11(10)15/h2-5,8-9,15H,6-7H2,1H3,(H,17,18). The molecule has 5 nitrogen and oxygen atoms in total. The van der Waals surface area contributed by atoms with E-state index in [1.54, 1.807) is 25.1 Å². The highest BCUT2D eigenvalue weighted by Gasteiger charge is 2.38. The summed E-state index contributed by atoms with van der Waals surface area (Å²) in [5.74, 6) is -1.80. The predicted molar refractivity (Wildman–Crippen MR) is 64.3 cm³/mol. The number of aromatic hydroxyl groups is 1. The minimum Gasteiger partial charge on any atom is -0.507 e. The molecule has 0 bridgehead atoms. The van der Waals surface area contributed by atoms with Gasteiger partial charge >= 0.3 is 5.97 Å². The molecule has 96 valence electrons. The first-order valence-electron chi connectivity index (χ1n) is 5.84. The number of phenolic OH excluding ortho intramolecular Hbond substituents is 1. The fourth-order valence-electron chi connectivity index (χ4n) is 2.37. The number of likely N-dealkylation sites (tertiary alicyclic amines) is 1. The molecule has 1 aliphatic rings. The quantitative estimate of drug-likeness (QED) is 0.828. The van der Waals surface area contributed by atoms with Crippen molar-refractivity contribution < 1.29 is 19.8 Å². The summed E-state index contributed by atoms with van der Waals surface area (Å²) in [5, 5.41) is 18.7. The Kier molecular flexibility index (Phi) is 3.23. The van der Waals surface area contributed by atoms with Crippen LogP contribution in [0.1, 0.15) is 23.7 Å². The van der Waals surface area contributed by atoms with E-state index in [1.165, 1.54) is 11.0 Å². The summed E-state index contributed by atoms with van der Waals surface area (Å²) < 4.78 is 0. The summed E-state index contributed by atoms with van der Waals surface area (Å²) in [6, 6.07) is 5.94. The first-order chi connectivity index (χ1) is 8.52. The number of hydrogen-bond donors (Lipinski definition) is 2. The minimum atomic E-state index is -0.880. The molecule has 18 heavy (non-hydrogen) atoms. The Labute approximate surface area is 105 Å². The van der Waals surface area contributed by atoms with E-state index in [1.807, 2.05) is 0 Å². The second-order valence-corrected chi connectivity index (χ2v) is 4.49. The molecule has 0 radical (unpaired) electrons. The van der Waals surface area contributed by atoms with Crippen molar-refractivity contribution in [3.8, 4) is 5.75 Å². The molecule has 2 N–H and O–H groups in total. The fourth-order valence-corrected chi connectivity index (χ4v) is 2.37. The molecule has 0 aliphatic carbocycles. The normalized spacial score (nSPS) is 23.1. The second-order valence-electron chi connectivity index (χ2n) is 4.49. The third-order valence-corrected chi connectivity index (χ3v) is 3.47. The highest BCUT2D eigenvalue weighted by atomic mass is 16.4. The number of carbonyl (C=O) groups excluding carboxylic acids is 1. The lowest BCUT2D eigenvalue weighted by Gasteiger charge is -2.23. The van der Waals surface area contributed by atoms with Crippen molar-refractivity contribution in [3.63, 3.8) is 0 Å². The Balaban J connectivity index is 2.21. The number of hydrogen-bond acceptors (Lipinski definition) is 3. The van der Waals surface area contributed by atoms with Crippen LogP contribution in [0.4, 0.5) is 0 Å². The summed E-state index contributed by atoms with van der Waals surface area (Å²) in [5.41, 5.74) is 0.218. The number of amides is 1. The van der Waals surface area contributed by atoms with Crippen LogP contribution < -0.4 is 0 Å². The second kappa shape index (κ2) is 4.68. The van der Waals surface area contributed by atoms with Crippen LogP contribution >= 0.6 is 0 Å². The maximum Gasteiger partial charge on any atom is 0.308 e. The van der Waals surface area contributed by atoms with Gasteiger partial charge in [0.2, 0.25) is 0 Å². The Morgan fingerprint density at radius 1 is 1.33 bits per heavy atom. The molecule has 5 heteroatoms. The average Bonchev–Trinajstić information content (AvgIpc) is 2.71. The Hall–Kier alpha value is -2.04. The molecular weight excluding hydrogens is 234 g/mol. The number of phenols is 1. The third kappa shape index (κ3) is 2.03. The maximum absolute atomic E-state index is 12.2. The summed E-state index contributed by atoms with van der Waals surface area (Å²) in [6.07, 6.45) is 0.454. The number of rotatable bonds is 2. The van der Waals surface area contributed by atoms with E-state index < -0.39 is 11.9 Å². The van der Waals surface area contributed by atoms with Gasteiger partial charge in [-0.3, -0.25) is 9.59 Å². The lowest BCUT2D eigenvalue weighted by atomic mass is 10.0. The largest absolute Gasteiger partial charge is 0.507 e. The molecule has 1 aliphatic heterocycles. The Morgan fingerprint density at radius 3 is 2.56 bits per heavy atom. The van der Waals surface area contributed by atoms with Crippen molar-refractivity contribution >= 4 is 11.9 Å². The van der Waals surface area contributed by atoms with Gasteiger partial charge in [-0.1, -0.05) is 12.1 Å². The van der Waals surface area contributed by atoms with Crippen LogP contribution in [0.15, 0.2) is 24.3 Å². The van der Waals surface area contributed by atoms with Gasteiger partial charge in [0.25, 0.3) is 5.91 Å². The zero-order chi connectivity index (χ0) is 13.3. The van der Waals surface area contributed by atoms with Gasteiger partial charge in [-0.15, -0.1) is 0 Å². The Bertz CT molecular complexity index is 486. The van der Waals surface area contributed by atoms with E-state index in [0.717, 1.165) is 0 Å². The van der Waals surface area contributed by atoms with Gasteiger partial charge in [0.05, 0.1) is 11.5 Å². The highest BCUT2D eigenvalue weighted by molar-refractivity contribution is 5.97. The van der Waals surface area contributed by atoms with Crippen LogP contribution in [0.3, 0.4) is 0 Å². The summed E-state index contributed by atoms with van der Waals surface area (Å²) in [4.78, 5) is 24.7. The lowest BCUT2D eigenvalue weighted by Crippen LogP contribution is -2.37. The van der Waals surface area contributed by atoms with Gasteiger partial charge in [0.15, 0.2) is 0 Å². The van der Waals surface area contributed by atoms with E-state index in [-0.39, 0.29) is 23.3 Å². The summed E-state index contributed by atoms with van der Waals surface area (Å²) >= 11 is 0. The molecule has 2 rings (SSSR count). The number of carbonyl (C=O) groups is 2. The van der Waals surface area contributed by atoms with Gasteiger partial charge in [-0.05, 0) is 25.5 Å². The van der Waals surface area contributed by atoms with Crippen LogP contribution in [0.2, 0.25) is 0 Å². The van der Waals surface area contributed by atoms with E-state index in [2.05, 4.69) is 0 Å². The number of carboxylic acid groups (broad SMARTS) is 1. The molecular formula is C13H15NO4. The summed E-state index contributed by atoms with van der Waals surface area (Å²) in [7, 11) is 0. The lowest BCUT2D eigenvalue weighted by molar-refractivity contribution is -0.142. The Morgan fingerprint density at radius 2 is 2.00 bits per heavy atom. The van der Waals surface area contributed by atoms with Crippen LogP contribution in [0.5, 0.6) is 5.75 Å². The topological polar surface area (TPSA) is 77.8 Å². The number of nitrogens with zero attached hydrogens (tertiary/aromatic N) is 1. The highest BCUT2D eigenvalue weighted by Crippen LogP contribution is 2.28. The van der Waals surface area contributed by atoms with Crippen LogP contribution in [-0.4, -0.2) is 39.6 Å². The van der Waals surface area contributed by atoms with Gasteiger partial charge in [0, 0.05) is 12.6 Å². The molecule has 1 amide bonds. The maximum atomic E-state index is 12.2. The van der Waals surface area contributed by atoms with E-state index >= 15 is 0 Å². The molecule has 0 aromatic heterocycles. The van der Waals surface area contributed by atoms with Crippen LogP contribution in [0.25, 0.3) is 0 Å². The van der Waals surface area contributed by atoms with Crippen LogP contribution in [0, 0.1) is 5.92 Å². The zero-order valence-corrected chi connectivity index (χ0v) is 10.0. The minimum absolute atomic E-state index is 0.0755. The van der Waals surface area contributed by atoms with Gasteiger partial charge in [-0.2, -0.15) is 0 Å². The fraction of sp³-hybridized carbons (Fsp3) is 0.385. The van der Waals surface area contributed by atoms with E-state index in [0.29, 0.717) is 13.0 Å². The van der Waals surface area contributed by atoms with Crippen LogP contribution in [-0.2, 0) is 4.79 Å². The third-order valence-electron chi connectivity index (χ3n) is 3.47.